The van der Waals surface area contributed by atoms with E-state index in [1.807, 2.05) is 55.5 Å². The average molecular weight is 235 g/mol. The first-order valence-corrected chi connectivity index (χ1v) is 5.89. The number of aryl methyl sites for hydroxylation is 1. The van der Waals surface area contributed by atoms with Crippen molar-refractivity contribution in [3.63, 3.8) is 0 Å². The van der Waals surface area contributed by atoms with Crippen molar-refractivity contribution in [2.75, 3.05) is 0 Å². The molecular weight excluding hydrogens is 222 g/mol. The van der Waals surface area contributed by atoms with E-state index in [9.17, 15) is 0 Å². The van der Waals surface area contributed by atoms with Gasteiger partial charge in [0.2, 0.25) is 0 Å². The number of rotatable bonds is 2. The normalized spacial score (nSPS) is 10.5. The topological polar surface area (TPSA) is 30.7 Å². The van der Waals surface area contributed by atoms with Gasteiger partial charge in [-0.2, -0.15) is 0 Å². The van der Waals surface area contributed by atoms with Crippen LogP contribution in [0, 0.1) is 6.92 Å². The lowest BCUT2D eigenvalue weighted by molar-refractivity contribution is 0.972. The van der Waals surface area contributed by atoms with Gasteiger partial charge in [0.25, 0.3) is 0 Å². The second-order valence-corrected chi connectivity index (χ2v) is 4.11. The van der Waals surface area contributed by atoms with Crippen molar-refractivity contribution in [2.45, 2.75) is 6.92 Å². The van der Waals surface area contributed by atoms with E-state index in [4.69, 9.17) is 0 Å². The molecule has 3 rings (SSSR count). The maximum absolute atomic E-state index is 4.28. The molecule has 0 aliphatic carbocycles. The molecule has 0 saturated heterocycles. The smallest absolute Gasteiger partial charge is 0.168 e. The Labute approximate surface area is 106 Å². The van der Waals surface area contributed by atoms with E-state index in [-0.39, 0.29) is 0 Å². The zero-order valence-electron chi connectivity index (χ0n) is 10.1. The van der Waals surface area contributed by atoms with Gasteiger partial charge in [0, 0.05) is 11.3 Å². The molecule has 3 aromatic rings. The van der Waals surface area contributed by atoms with Gasteiger partial charge in [-0.25, -0.2) is 0 Å². The summed E-state index contributed by atoms with van der Waals surface area (Å²) in [4.78, 5) is 0. The second-order valence-electron chi connectivity index (χ2n) is 4.11. The summed E-state index contributed by atoms with van der Waals surface area (Å²) >= 11 is 0. The molecular formula is C15H13N3. The summed E-state index contributed by atoms with van der Waals surface area (Å²) in [5, 5.41) is 8.46. The highest BCUT2D eigenvalue weighted by atomic mass is 15.3. The number of hydrogen-bond acceptors (Lipinski definition) is 2. The first-order chi connectivity index (χ1) is 8.86. The summed E-state index contributed by atoms with van der Waals surface area (Å²) in [6.45, 7) is 1.96. The van der Waals surface area contributed by atoms with Crippen molar-refractivity contribution < 1.29 is 0 Å². The molecule has 0 N–H and O–H groups in total. The fourth-order valence-corrected chi connectivity index (χ4v) is 2.02. The SMILES string of the molecule is Cc1nnc(-c2ccccc2)n1-c1ccccc1. The minimum atomic E-state index is 0.874. The van der Waals surface area contributed by atoms with Crippen LogP contribution in [-0.2, 0) is 0 Å². The molecule has 2 aromatic carbocycles. The van der Waals surface area contributed by atoms with Crippen molar-refractivity contribution in [1.82, 2.24) is 14.8 Å². The predicted octanol–water partition coefficient (Wildman–Crippen LogP) is 3.24. The quantitative estimate of drug-likeness (QED) is 0.682. The maximum atomic E-state index is 4.28. The molecule has 0 bridgehead atoms. The summed E-state index contributed by atoms with van der Waals surface area (Å²) in [5.41, 5.74) is 2.15. The van der Waals surface area contributed by atoms with E-state index in [1.54, 1.807) is 0 Å². The number of hydrogen-bond donors (Lipinski definition) is 0. The largest absolute Gasteiger partial charge is 0.279 e. The molecule has 3 nitrogen and oxygen atoms in total. The minimum absolute atomic E-state index is 0.874. The van der Waals surface area contributed by atoms with Gasteiger partial charge in [0.15, 0.2) is 5.82 Å². The van der Waals surface area contributed by atoms with Crippen LogP contribution in [0.2, 0.25) is 0 Å². The molecule has 0 atom stereocenters. The van der Waals surface area contributed by atoms with Gasteiger partial charge in [-0.1, -0.05) is 48.5 Å². The lowest BCUT2D eigenvalue weighted by Gasteiger charge is -2.08. The van der Waals surface area contributed by atoms with Crippen LogP contribution in [-0.4, -0.2) is 14.8 Å². The van der Waals surface area contributed by atoms with Gasteiger partial charge in [0.05, 0.1) is 0 Å². The summed E-state index contributed by atoms with van der Waals surface area (Å²) in [7, 11) is 0. The van der Waals surface area contributed by atoms with Crippen LogP contribution in [0.3, 0.4) is 0 Å². The fraction of sp³-hybridized carbons (Fsp3) is 0.0667. The molecule has 0 unspecified atom stereocenters. The predicted molar refractivity (Wildman–Crippen MR) is 71.5 cm³/mol. The Bertz CT molecular complexity index is 642. The number of para-hydroxylation sites is 1. The van der Waals surface area contributed by atoms with Gasteiger partial charge in [0.1, 0.15) is 5.82 Å². The molecule has 3 heteroatoms. The third-order valence-electron chi connectivity index (χ3n) is 2.87. The van der Waals surface area contributed by atoms with Crippen molar-refractivity contribution in [1.29, 1.82) is 0 Å². The molecule has 0 spiro atoms. The van der Waals surface area contributed by atoms with E-state index in [1.165, 1.54) is 0 Å². The molecule has 18 heavy (non-hydrogen) atoms. The van der Waals surface area contributed by atoms with Gasteiger partial charge in [-0.05, 0) is 19.1 Å². The Balaban J connectivity index is 2.19. The molecule has 0 radical (unpaired) electrons. The highest BCUT2D eigenvalue weighted by Gasteiger charge is 2.11. The summed E-state index contributed by atoms with van der Waals surface area (Å²) in [5.74, 6) is 1.76. The summed E-state index contributed by atoms with van der Waals surface area (Å²) < 4.78 is 2.06. The Morgan fingerprint density at radius 1 is 0.778 bits per heavy atom. The molecule has 0 saturated carbocycles. The maximum Gasteiger partial charge on any atom is 0.168 e. The van der Waals surface area contributed by atoms with Gasteiger partial charge in [-0.3, -0.25) is 4.57 Å². The Kier molecular flexibility index (Phi) is 2.65. The Hall–Kier alpha value is -2.42. The third kappa shape index (κ3) is 1.80. The Morgan fingerprint density at radius 3 is 2.06 bits per heavy atom. The standard InChI is InChI=1S/C15H13N3/c1-12-16-17-15(13-8-4-2-5-9-13)18(12)14-10-6-3-7-11-14/h2-11H,1H3. The highest BCUT2D eigenvalue weighted by molar-refractivity contribution is 5.58. The third-order valence-corrected chi connectivity index (χ3v) is 2.87. The number of benzene rings is 2. The zero-order chi connectivity index (χ0) is 12.4. The first-order valence-electron chi connectivity index (χ1n) is 5.89. The summed E-state index contributed by atoms with van der Waals surface area (Å²) in [6, 6.07) is 20.3. The number of aromatic nitrogens is 3. The van der Waals surface area contributed by atoms with Crippen LogP contribution < -0.4 is 0 Å². The van der Waals surface area contributed by atoms with E-state index >= 15 is 0 Å². The minimum Gasteiger partial charge on any atom is -0.279 e. The molecule has 88 valence electrons. The van der Waals surface area contributed by atoms with Gasteiger partial charge in [-0.15, -0.1) is 10.2 Å². The van der Waals surface area contributed by atoms with E-state index in [2.05, 4.69) is 26.9 Å². The zero-order valence-corrected chi connectivity index (χ0v) is 10.1. The average Bonchev–Trinajstić information content (AvgIpc) is 2.83. The fourth-order valence-electron chi connectivity index (χ4n) is 2.02. The summed E-state index contributed by atoms with van der Waals surface area (Å²) in [6.07, 6.45) is 0. The van der Waals surface area contributed by atoms with E-state index in [0.717, 1.165) is 22.9 Å². The molecule has 0 aliphatic rings. The second kappa shape index (κ2) is 4.45. The van der Waals surface area contributed by atoms with Crippen LogP contribution in [0.1, 0.15) is 5.82 Å². The van der Waals surface area contributed by atoms with Gasteiger partial charge >= 0.3 is 0 Å². The van der Waals surface area contributed by atoms with Crippen LogP contribution in [0.5, 0.6) is 0 Å². The van der Waals surface area contributed by atoms with Crippen LogP contribution in [0.15, 0.2) is 60.7 Å². The van der Waals surface area contributed by atoms with Crippen LogP contribution in [0.25, 0.3) is 17.1 Å². The molecule has 0 aliphatic heterocycles. The van der Waals surface area contributed by atoms with Crippen molar-refractivity contribution in [3.05, 3.63) is 66.5 Å². The van der Waals surface area contributed by atoms with Crippen molar-refractivity contribution in [2.24, 2.45) is 0 Å². The van der Waals surface area contributed by atoms with Crippen LogP contribution >= 0.6 is 0 Å². The molecule has 1 aromatic heterocycles. The van der Waals surface area contributed by atoms with E-state index in [0.29, 0.717) is 0 Å². The first kappa shape index (κ1) is 10.7. The monoisotopic (exact) mass is 235 g/mol. The van der Waals surface area contributed by atoms with Crippen LogP contribution in [0.4, 0.5) is 0 Å². The lowest BCUT2D eigenvalue weighted by Crippen LogP contribution is -1.99. The van der Waals surface area contributed by atoms with E-state index < -0.39 is 0 Å². The molecule has 1 heterocycles. The van der Waals surface area contributed by atoms with Gasteiger partial charge < -0.3 is 0 Å². The Morgan fingerprint density at radius 2 is 1.39 bits per heavy atom. The van der Waals surface area contributed by atoms with Crippen molar-refractivity contribution >= 4 is 0 Å². The molecule has 0 amide bonds. The number of nitrogens with zero attached hydrogens (tertiary/aromatic N) is 3. The highest BCUT2D eigenvalue weighted by Crippen LogP contribution is 2.21. The molecule has 0 fully saturated rings. The van der Waals surface area contributed by atoms with Crippen molar-refractivity contribution in [3.8, 4) is 17.1 Å². The lowest BCUT2D eigenvalue weighted by atomic mass is 10.2.